The molecule has 1 aromatic rings. The molecule has 1 amide bonds. The molecule has 0 fully saturated rings. The van der Waals surface area contributed by atoms with Crippen LogP contribution in [0, 0.1) is 5.41 Å². The Bertz CT molecular complexity index is 393. The minimum Gasteiger partial charge on any atom is -0.497 e. The molecule has 4 heteroatoms. The molecule has 0 atom stereocenters. The fourth-order valence-corrected chi connectivity index (χ4v) is 1.64. The Morgan fingerprint density at radius 1 is 1.28 bits per heavy atom. The van der Waals surface area contributed by atoms with Gasteiger partial charge in [0.1, 0.15) is 5.75 Å². The molecule has 18 heavy (non-hydrogen) atoms. The number of nitrogens with two attached hydrogens (primary N) is 1. The average molecular weight is 250 g/mol. The third-order valence-corrected chi connectivity index (χ3v) is 2.62. The fraction of sp³-hybridized carbons (Fsp3) is 0.500. The van der Waals surface area contributed by atoms with E-state index in [1.165, 1.54) is 0 Å². The summed E-state index contributed by atoms with van der Waals surface area (Å²) in [7, 11) is 1.62. The standard InChI is InChI=1S/C14H22N2O2/c1-14(2,3)13(17)16(10-9-15)11-5-7-12(18-4)8-6-11/h5-8H,9-10,15H2,1-4H3. The van der Waals surface area contributed by atoms with Gasteiger partial charge in [0.25, 0.3) is 0 Å². The molecule has 1 rings (SSSR count). The normalized spacial score (nSPS) is 11.2. The third-order valence-electron chi connectivity index (χ3n) is 2.62. The maximum atomic E-state index is 12.3. The van der Waals surface area contributed by atoms with Gasteiger partial charge >= 0.3 is 0 Å². The van der Waals surface area contributed by atoms with E-state index in [0.29, 0.717) is 13.1 Å². The van der Waals surface area contributed by atoms with E-state index in [0.717, 1.165) is 11.4 Å². The monoisotopic (exact) mass is 250 g/mol. The summed E-state index contributed by atoms with van der Waals surface area (Å²) >= 11 is 0. The number of nitrogens with zero attached hydrogens (tertiary/aromatic N) is 1. The number of carbonyl (C=O) groups excluding carboxylic acids is 1. The fourth-order valence-electron chi connectivity index (χ4n) is 1.64. The predicted octanol–water partition coefficient (Wildman–Crippen LogP) is 2.03. The van der Waals surface area contributed by atoms with Crippen molar-refractivity contribution < 1.29 is 9.53 Å². The van der Waals surface area contributed by atoms with Crippen molar-refractivity contribution in [1.29, 1.82) is 0 Å². The van der Waals surface area contributed by atoms with E-state index in [4.69, 9.17) is 10.5 Å². The molecule has 0 spiro atoms. The zero-order chi connectivity index (χ0) is 13.8. The van der Waals surface area contributed by atoms with E-state index >= 15 is 0 Å². The highest BCUT2D eigenvalue weighted by Gasteiger charge is 2.27. The minimum absolute atomic E-state index is 0.0677. The van der Waals surface area contributed by atoms with E-state index in [1.807, 2.05) is 45.0 Å². The van der Waals surface area contributed by atoms with Gasteiger partial charge in [0.15, 0.2) is 0 Å². The first kappa shape index (κ1) is 14.5. The Balaban J connectivity index is 3.00. The summed E-state index contributed by atoms with van der Waals surface area (Å²) in [6.45, 7) is 6.67. The number of rotatable bonds is 4. The van der Waals surface area contributed by atoms with Crippen LogP contribution >= 0.6 is 0 Å². The molecule has 0 aromatic heterocycles. The summed E-state index contributed by atoms with van der Waals surface area (Å²) in [5.74, 6) is 0.841. The second kappa shape index (κ2) is 5.87. The molecule has 0 aliphatic carbocycles. The van der Waals surface area contributed by atoms with Gasteiger partial charge in [-0.2, -0.15) is 0 Å². The van der Waals surface area contributed by atoms with E-state index in [9.17, 15) is 4.79 Å². The number of carbonyl (C=O) groups is 1. The smallest absolute Gasteiger partial charge is 0.232 e. The van der Waals surface area contributed by atoms with Crippen molar-refractivity contribution in [3.63, 3.8) is 0 Å². The first-order valence-electron chi connectivity index (χ1n) is 6.06. The second-order valence-electron chi connectivity index (χ2n) is 5.19. The van der Waals surface area contributed by atoms with E-state index < -0.39 is 5.41 Å². The zero-order valence-corrected chi connectivity index (χ0v) is 11.6. The second-order valence-corrected chi connectivity index (χ2v) is 5.19. The highest BCUT2D eigenvalue weighted by Crippen LogP contribution is 2.24. The van der Waals surface area contributed by atoms with Gasteiger partial charge in [-0.3, -0.25) is 4.79 Å². The van der Waals surface area contributed by atoms with Crippen LogP contribution in [0.4, 0.5) is 5.69 Å². The lowest BCUT2D eigenvalue weighted by Gasteiger charge is -2.29. The molecule has 4 nitrogen and oxygen atoms in total. The molecule has 0 bridgehead atoms. The molecule has 0 heterocycles. The predicted molar refractivity (Wildman–Crippen MR) is 73.9 cm³/mol. The van der Waals surface area contributed by atoms with Crippen molar-refractivity contribution in [2.45, 2.75) is 20.8 Å². The quantitative estimate of drug-likeness (QED) is 0.889. The maximum absolute atomic E-state index is 12.3. The van der Waals surface area contributed by atoms with Crippen LogP contribution in [-0.2, 0) is 4.79 Å². The molecule has 1 aromatic carbocycles. The SMILES string of the molecule is COc1ccc(N(CCN)C(=O)C(C)(C)C)cc1. The number of anilines is 1. The molecule has 0 radical (unpaired) electrons. The topological polar surface area (TPSA) is 55.6 Å². The summed E-state index contributed by atoms with van der Waals surface area (Å²) in [6, 6.07) is 7.43. The zero-order valence-electron chi connectivity index (χ0n) is 11.6. The first-order valence-corrected chi connectivity index (χ1v) is 6.06. The van der Waals surface area contributed by atoms with E-state index in [2.05, 4.69) is 0 Å². The number of methoxy groups -OCH3 is 1. The van der Waals surface area contributed by atoms with Crippen molar-refractivity contribution in [3.05, 3.63) is 24.3 Å². The van der Waals surface area contributed by atoms with Gasteiger partial charge in [-0.25, -0.2) is 0 Å². The number of hydrogen-bond acceptors (Lipinski definition) is 3. The summed E-state index contributed by atoms with van der Waals surface area (Å²) in [5.41, 5.74) is 6.01. The Morgan fingerprint density at radius 3 is 2.22 bits per heavy atom. The third kappa shape index (κ3) is 3.47. The summed E-state index contributed by atoms with van der Waals surface area (Å²) < 4.78 is 5.11. The molecule has 100 valence electrons. The highest BCUT2D eigenvalue weighted by atomic mass is 16.5. The number of hydrogen-bond donors (Lipinski definition) is 1. The van der Waals surface area contributed by atoms with Crippen molar-refractivity contribution in [2.75, 3.05) is 25.1 Å². The average Bonchev–Trinajstić information content (AvgIpc) is 2.34. The van der Waals surface area contributed by atoms with Gasteiger partial charge in [-0.1, -0.05) is 20.8 Å². The minimum atomic E-state index is -0.422. The van der Waals surface area contributed by atoms with Gasteiger partial charge < -0.3 is 15.4 Å². The lowest BCUT2D eigenvalue weighted by Crippen LogP contribution is -2.42. The molecule has 0 unspecified atom stereocenters. The lowest BCUT2D eigenvalue weighted by molar-refractivity contribution is -0.125. The van der Waals surface area contributed by atoms with Crippen LogP contribution in [0.1, 0.15) is 20.8 Å². The van der Waals surface area contributed by atoms with Crippen molar-refractivity contribution >= 4 is 11.6 Å². The van der Waals surface area contributed by atoms with Crippen LogP contribution in [-0.4, -0.2) is 26.1 Å². The van der Waals surface area contributed by atoms with Crippen LogP contribution in [0.5, 0.6) is 5.75 Å². The molecule has 0 aliphatic heterocycles. The van der Waals surface area contributed by atoms with Crippen LogP contribution in [0.2, 0.25) is 0 Å². The molecule has 0 aliphatic rings. The van der Waals surface area contributed by atoms with Gasteiger partial charge in [0.2, 0.25) is 5.91 Å². The van der Waals surface area contributed by atoms with Crippen LogP contribution in [0.3, 0.4) is 0 Å². The van der Waals surface area contributed by atoms with Gasteiger partial charge in [0, 0.05) is 24.2 Å². The summed E-state index contributed by atoms with van der Waals surface area (Å²) in [6.07, 6.45) is 0. The molecular weight excluding hydrogens is 228 g/mol. The van der Waals surface area contributed by atoms with Crippen molar-refractivity contribution in [1.82, 2.24) is 0 Å². The maximum Gasteiger partial charge on any atom is 0.232 e. The molecule has 0 saturated heterocycles. The summed E-state index contributed by atoms with van der Waals surface area (Å²) in [5, 5.41) is 0. The Kier molecular flexibility index (Phi) is 4.73. The van der Waals surface area contributed by atoms with E-state index in [-0.39, 0.29) is 5.91 Å². The number of amides is 1. The molecule has 2 N–H and O–H groups in total. The largest absolute Gasteiger partial charge is 0.497 e. The lowest BCUT2D eigenvalue weighted by atomic mass is 9.94. The van der Waals surface area contributed by atoms with E-state index in [1.54, 1.807) is 12.0 Å². The number of ether oxygens (including phenoxy) is 1. The highest BCUT2D eigenvalue weighted by molar-refractivity contribution is 5.96. The summed E-state index contributed by atoms with van der Waals surface area (Å²) in [4.78, 5) is 14.1. The van der Waals surface area contributed by atoms with Crippen molar-refractivity contribution in [2.24, 2.45) is 11.1 Å². The number of benzene rings is 1. The Hall–Kier alpha value is -1.55. The van der Waals surface area contributed by atoms with Gasteiger partial charge in [0.05, 0.1) is 7.11 Å². The first-order chi connectivity index (χ1) is 8.40. The van der Waals surface area contributed by atoms with Gasteiger partial charge in [-0.15, -0.1) is 0 Å². The molecular formula is C14H22N2O2. The van der Waals surface area contributed by atoms with Crippen LogP contribution < -0.4 is 15.4 Å². The Labute approximate surface area is 109 Å². The Morgan fingerprint density at radius 2 is 1.83 bits per heavy atom. The van der Waals surface area contributed by atoms with Gasteiger partial charge in [-0.05, 0) is 24.3 Å². The van der Waals surface area contributed by atoms with Crippen LogP contribution in [0.25, 0.3) is 0 Å². The molecule has 0 saturated carbocycles. The van der Waals surface area contributed by atoms with Crippen LogP contribution in [0.15, 0.2) is 24.3 Å². The van der Waals surface area contributed by atoms with Crippen molar-refractivity contribution in [3.8, 4) is 5.75 Å².